The smallest absolute Gasteiger partial charge is 0.253 e. The molecule has 2 aromatic rings. The third-order valence-electron chi connectivity index (χ3n) is 2.66. The Morgan fingerprint density at radius 1 is 1.42 bits per heavy atom. The lowest BCUT2D eigenvalue weighted by Crippen LogP contribution is -2.26. The first-order valence-electron chi connectivity index (χ1n) is 5.67. The van der Waals surface area contributed by atoms with Crippen molar-refractivity contribution in [1.82, 2.24) is 9.88 Å². The Labute approximate surface area is 119 Å². The number of carbonyl (C=O) groups excluding carboxylic acids is 1. The topological polar surface area (TPSA) is 33.2 Å². The lowest BCUT2D eigenvalue weighted by atomic mass is 10.2. The quantitative estimate of drug-likeness (QED) is 0.869. The first-order chi connectivity index (χ1) is 9.08. The summed E-state index contributed by atoms with van der Waals surface area (Å²) in [4.78, 5) is 17.7. The molecule has 0 fully saturated rings. The normalized spacial score (nSPS) is 10.3. The molecule has 0 aliphatic rings. The third-order valence-corrected chi connectivity index (χ3v) is 3.26. The van der Waals surface area contributed by atoms with Crippen molar-refractivity contribution in [2.24, 2.45) is 0 Å². The molecular formula is C14H12BrFN2O. The molecule has 98 valence electrons. The molecule has 0 saturated heterocycles. The summed E-state index contributed by atoms with van der Waals surface area (Å²) in [6.07, 6.45) is 3.40. The van der Waals surface area contributed by atoms with Crippen LogP contribution >= 0.6 is 15.9 Å². The van der Waals surface area contributed by atoms with Gasteiger partial charge in [-0.05, 0) is 45.8 Å². The summed E-state index contributed by atoms with van der Waals surface area (Å²) < 4.78 is 13.4. The monoisotopic (exact) mass is 322 g/mol. The summed E-state index contributed by atoms with van der Waals surface area (Å²) >= 11 is 3.07. The average Bonchev–Trinajstić information content (AvgIpc) is 2.42. The second-order valence-corrected chi connectivity index (χ2v) is 5.01. The summed E-state index contributed by atoms with van der Waals surface area (Å²) in [5.41, 5.74) is 1.39. The summed E-state index contributed by atoms with van der Waals surface area (Å²) in [5.74, 6) is -0.545. The van der Waals surface area contributed by atoms with Crippen LogP contribution in [-0.4, -0.2) is 22.8 Å². The molecule has 0 spiro atoms. The van der Waals surface area contributed by atoms with Crippen LogP contribution in [-0.2, 0) is 6.54 Å². The molecule has 3 nitrogen and oxygen atoms in total. The van der Waals surface area contributed by atoms with Gasteiger partial charge in [-0.15, -0.1) is 0 Å². The fraction of sp³-hybridized carbons (Fsp3) is 0.143. The van der Waals surface area contributed by atoms with Gasteiger partial charge in [-0.2, -0.15) is 0 Å². The van der Waals surface area contributed by atoms with E-state index >= 15 is 0 Å². The number of pyridine rings is 1. The minimum atomic E-state index is -0.383. The second kappa shape index (κ2) is 5.93. The largest absolute Gasteiger partial charge is 0.337 e. The molecule has 0 unspecified atom stereocenters. The van der Waals surface area contributed by atoms with E-state index in [2.05, 4.69) is 20.9 Å². The van der Waals surface area contributed by atoms with Crippen LogP contribution in [0.25, 0.3) is 0 Å². The number of benzene rings is 1. The van der Waals surface area contributed by atoms with Crippen LogP contribution in [0.4, 0.5) is 4.39 Å². The van der Waals surface area contributed by atoms with Gasteiger partial charge in [0.15, 0.2) is 0 Å². The minimum absolute atomic E-state index is 0.162. The number of halogens is 2. The maximum Gasteiger partial charge on any atom is 0.253 e. The van der Waals surface area contributed by atoms with E-state index in [1.54, 1.807) is 24.3 Å². The zero-order valence-corrected chi connectivity index (χ0v) is 11.9. The Morgan fingerprint density at radius 2 is 2.21 bits per heavy atom. The van der Waals surface area contributed by atoms with Crippen LogP contribution in [0.2, 0.25) is 0 Å². The number of hydrogen-bond donors (Lipinski definition) is 0. The first-order valence-corrected chi connectivity index (χ1v) is 6.46. The number of nitrogens with zero attached hydrogens (tertiary/aromatic N) is 2. The van der Waals surface area contributed by atoms with Gasteiger partial charge in [0.1, 0.15) is 5.82 Å². The molecular weight excluding hydrogens is 311 g/mol. The van der Waals surface area contributed by atoms with E-state index in [0.717, 1.165) is 5.56 Å². The van der Waals surface area contributed by atoms with Crippen molar-refractivity contribution >= 4 is 21.8 Å². The Morgan fingerprint density at radius 3 is 2.84 bits per heavy atom. The molecule has 0 radical (unpaired) electrons. The fourth-order valence-electron chi connectivity index (χ4n) is 1.69. The number of hydrogen-bond acceptors (Lipinski definition) is 2. The van der Waals surface area contributed by atoms with Gasteiger partial charge in [-0.3, -0.25) is 9.78 Å². The molecule has 1 amide bonds. The van der Waals surface area contributed by atoms with Crippen LogP contribution in [0, 0.1) is 5.82 Å². The molecule has 0 N–H and O–H groups in total. The molecule has 0 saturated carbocycles. The summed E-state index contributed by atoms with van der Waals surface area (Å²) in [7, 11) is 1.70. The highest BCUT2D eigenvalue weighted by Crippen LogP contribution is 2.18. The van der Waals surface area contributed by atoms with E-state index in [1.807, 2.05) is 12.1 Å². The lowest BCUT2D eigenvalue weighted by Gasteiger charge is -2.17. The van der Waals surface area contributed by atoms with Crippen LogP contribution in [0.1, 0.15) is 15.9 Å². The molecule has 1 aromatic carbocycles. The Balaban J connectivity index is 2.12. The van der Waals surface area contributed by atoms with Crippen molar-refractivity contribution in [3.8, 4) is 0 Å². The predicted molar refractivity (Wildman–Crippen MR) is 74.1 cm³/mol. The van der Waals surface area contributed by atoms with Gasteiger partial charge in [-0.25, -0.2) is 4.39 Å². The zero-order valence-electron chi connectivity index (χ0n) is 10.3. The Bertz CT molecular complexity index is 589. The maximum atomic E-state index is 13.1. The predicted octanol–water partition coefficient (Wildman–Crippen LogP) is 3.26. The van der Waals surface area contributed by atoms with Crippen molar-refractivity contribution < 1.29 is 9.18 Å². The van der Waals surface area contributed by atoms with Crippen molar-refractivity contribution in [3.05, 3.63) is 64.1 Å². The fourth-order valence-corrected chi connectivity index (χ4v) is 2.07. The highest BCUT2D eigenvalue weighted by Gasteiger charge is 2.13. The van der Waals surface area contributed by atoms with Crippen LogP contribution in [0.15, 0.2) is 47.2 Å². The number of rotatable bonds is 3. The standard InChI is InChI=1S/C14H12BrFN2O/c1-18(9-10-3-2-6-17-8-10)14(19)11-4-5-13(16)12(15)7-11/h2-8H,9H2,1H3. The summed E-state index contributed by atoms with van der Waals surface area (Å²) in [6.45, 7) is 0.460. The van der Waals surface area contributed by atoms with E-state index in [4.69, 9.17) is 0 Å². The van der Waals surface area contributed by atoms with Crippen molar-refractivity contribution in [2.45, 2.75) is 6.54 Å². The second-order valence-electron chi connectivity index (χ2n) is 4.15. The summed E-state index contributed by atoms with van der Waals surface area (Å²) in [5, 5.41) is 0. The van der Waals surface area contributed by atoms with Crippen molar-refractivity contribution in [3.63, 3.8) is 0 Å². The summed E-state index contributed by atoms with van der Waals surface area (Å²) in [6, 6.07) is 7.95. The molecule has 19 heavy (non-hydrogen) atoms. The minimum Gasteiger partial charge on any atom is -0.337 e. The number of amides is 1. The van der Waals surface area contributed by atoms with E-state index in [9.17, 15) is 9.18 Å². The van der Waals surface area contributed by atoms with Crippen molar-refractivity contribution in [1.29, 1.82) is 0 Å². The molecule has 0 aliphatic heterocycles. The van der Waals surface area contributed by atoms with E-state index < -0.39 is 0 Å². The van der Waals surface area contributed by atoms with Gasteiger partial charge in [0.25, 0.3) is 5.91 Å². The van der Waals surface area contributed by atoms with Crippen LogP contribution in [0.3, 0.4) is 0 Å². The Kier molecular flexibility index (Phi) is 4.27. The van der Waals surface area contributed by atoms with Gasteiger partial charge in [0, 0.05) is 31.5 Å². The third kappa shape index (κ3) is 3.38. The highest BCUT2D eigenvalue weighted by molar-refractivity contribution is 9.10. The molecule has 0 aliphatic carbocycles. The molecule has 0 atom stereocenters. The van der Waals surface area contributed by atoms with Gasteiger partial charge >= 0.3 is 0 Å². The zero-order chi connectivity index (χ0) is 13.8. The molecule has 1 aromatic heterocycles. The van der Waals surface area contributed by atoms with Gasteiger partial charge in [0.05, 0.1) is 4.47 Å². The van der Waals surface area contributed by atoms with E-state index in [-0.39, 0.29) is 16.2 Å². The van der Waals surface area contributed by atoms with E-state index in [0.29, 0.717) is 12.1 Å². The van der Waals surface area contributed by atoms with Crippen LogP contribution in [0.5, 0.6) is 0 Å². The maximum absolute atomic E-state index is 13.1. The van der Waals surface area contributed by atoms with Gasteiger partial charge in [0.2, 0.25) is 0 Å². The first kappa shape index (κ1) is 13.7. The number of carbonyl (C=O) groups is 1. The van der Waals surface area contributed by atoms with Crippen LogP contribution < -0.4 is 0 Å². The van der Waals surface area contributed by atoms with E-state index in [1.165, 1.54) is 18.2 Å². The average molecular weight is 323 g/mol. The van der Waals surface area contributed by atoms with Gasteiger partial charge < -0.3 is 4.90 Å². The molecule has 5 heteroatoms. The molecule has 0 bridgehead atoms. The van der Waals surface area contributed by atoms with Gasteiger partial charge in [-0.1, -0.05) is 6.07 Å². The molecule has 2 rings (SSSR count). The van der Waals surface area contributed by atoms with Crippen molar-refractivity contribution in [2.75, 3.05) is 7.05 Å². The highest BCUT2D eigenvalue weighted by atomic mass is 79.9. The molecule has 1 heterocycles. The Hall–Kier alpha value is -1.75. The SMILES string of the molecule is CN(Cc1cccnc1)C(=O)c1ccc(F)c(Br)c1. The lowest BCUT2D eigenvalue weighted by molar-refractivity contribution is 0.0785. The number of aromatic nitrogens is 1.